The summed E-state index contributed by atoms with van der Waals surface area (Å²) in [6, 6.07) is 9.87. The molecule has 1 aliphatic rings. The number of hydrogen-bond donors (Lipinski definition) is 1. The van der Waals surface area contributed by atoms with Crippen molar-refractivity contribution in [2.75, 3.05) is 0 Å². The van der Waals surface area contributed by atoms with E-state index in [4.69, 9.17) is 4.42 Å². The van der Waals surface area contributed by atoms with Crippen molar-refractivity contribution in [3.8, 4) is 17.4 Å². The van der Waals surface area contributed by atoms with Crippen molar-refractivity contribution in [2.45, 2.75) is 45.6 Å². The Kier molecular flexibility index (Phi) is 6.13. The smallest absolute Gasteiger partial charge is 0.270 e. The molecule has 1 N–H and O–H groups in total. The molecule has 0 unspecified atom stereocenters. The summed E-state index contributed by atoms with van der Waals surface area (Å²) in [6.07, 6.45) is 5.63. The molecule has 0 saturated heterocycles. The van der Waals surface area contributed by atoms with Gasteiger partial charge in [-0.1, -0.05) is 25.8 Å². The molecule has 0 aliphatic heterocycles. The molecule has 0 bridgehead atoms. The molecule has 0 radical (unpaired) electrons. The third-order valence-electron chi connectivity index (χ3n) is 5.40. The quantitative estimate of drug-likeness (QED) is 0.341. The number of non-ortho nitro benzene ring substituents is 1. The van der Waals surface area contributed by atoms with Crippen molar-refractivity contribution in [1.29, 1.82) is 5.26 Å². The minimum Gasteiger partial charge on any atom is -0.457 e. The van der Waals surface area contributed by atoms with E-state index < -0.39 is 10.8 Å². The van der Waals surface area contributed by atoms with E-state index in [0.29, 0.717) is 23.0 Å². The number of nitro groups is 1. The van der Waals surface area contributed by atoms with Crippen LogP contribution < -0.4 is 5.32 Å². The Morgan fingerprint density at radius 3 is 2.76 bits per heavy atom. The highest BCUT2D eigenvalue weighted by Crippen LogP contribution is 2.30. The second kappa shape index (κ2) is 8.74. The zero-order chi connectivity index (χ0) is 21.0. The highest BCUT2D eigenvalue weighted by atomic mass is 16.6. The van der Waals surface area contributed by atoms with Crippen LogP contribution in [0.4, 0.5) is 5.69 Å². The molecule has 1 fully saturated rings. The molecule has 0 spiro atoms. The Hall–Kier alpha value is -3.40. The molecular weight excluding hydrogens is 370 g/mol. The topological polar surface area (TPSA) is 109 Å². The third-order valence-corrected chi connectivity index (χ3v) is 5.40. The summed E-state index contributed by atoms with van der Waals surface area (Å²) in [4.78, 5) is 23.1. The predicted molar refractivity (Wildman–Crippen MR) is 109 cm³/mol. The largest absolute Gasteiger partial charge is 0.457 e. The van der Waals surface area contributed by atoms with Crippen molar-refractivity contribution in [2.24, 2.45) is 5.92 Å². The van der Waals surface area contributed by atoms with E-state index in [9.17, 15) is 20.2 Å². The Bertz CT molecular complexity index is 1000. The van der Waals surface area contributed by atoms with Crippen molar-refractivity contribution in [3.05, 3.63) is 57.3 Å². The normalized spacial score (nSPS) is 19.4. The monoisotopic (exact) mass is 393 g/mol. The molecule has 150 valence electrons. The average Bonchev–Trinajstić information content (AvgIpc) is 3.16. The Morgan fingerprint density at radius 2 is 2.07 bits per heavy atom. The SMILES string of the molecule is Cc1ccc([N+](=O)[O-])cc1-c1ccc(/C=C(\C#N)C(=O)N[C@@H]2CCCC[C@H]2C)o1. The maximum Gasteiger partial charge on any atom is 0.270 e. The lowest BCUT2D eigenvalue weighted by atomic mass is 9.86. The highest BCUT2D eigenvalue weighted by Gasteiger charge is 2.24. The van der Waals surface area contributed by atoms with Crippen molar-refractivity contribution < 1.29 is 14.1 Å². The lowest BCUT2D eigenvalue weighted by Gasteiger charge is -2.29. The van der Waals surface area contributed by atoms with Crippen LogP contribution >= 0.6 is 0 Å². The van der Waals surface area contributed by atoms with E-state index in [2.05, 4.69) is 12.2 Å². The number of amides is 1. The number of nitro benzene ring substituents is 1. The van der Waals surface area contributed by atoms with E-state index >= 15 is 0 Å². The number of aryl methyl sites for hydroxylation is 1. The van der Waals surface area contributed by atoms with Gasteiger partial charge in [-0.2, -0.15) is 5.26 Å². The number of carbonyl (C=O) groups excluding carboxylic acids is 1. The first kappa shape index (κ1) is 20.3. The summed E-state index contributed by atoms with van der Waals surface area (Å²) >= 11 is 0. The molecule has 1 saturated carbocycles. The zero-order valence-electron chi connectivity index (χ0n) is 16.5. The molecule has 1 aromatic carbocycles. The number of nitriles is 1. The Balaban J connectivity index is 1.81. The summed E-state index contributed by atoms with van der Waals surface area (Å²) in [5.41, 5.74) is 1.36. The third kappa shape index (κ3) is 4.72. The van der Waals surface area contributed by atoms with Crippen LogP contribution in [0.15, 0.2) is 40.3 Å². The fourth-order valence-corrected chi connectivity index (χ4v) is 3.63. The van der Waals surface area contributed by atoms with E-state index in [1.54, 1.807) is 18.2 Å². The lowest BCUT2D eigenvalue weighted by molar-refractivity contribution is -0.384. The number of benzene rings is 1. The number of carbonyl (C=O) groups is 1. The van der Waals surface area contributed by atoms with Crippen molar-refractivity contribution in [3.63, 3.8) is 0 Å². The molecule has 2 aromatic rings. The first-order valence-corrected chi connectivity index (χ1v) is 9.67. The van der Waals surface area contributed by atoms with Gasteiger partial charge in [-0.15, -0.1) is 0 Å². The van der Waals surface area contributed by atoms with Gasteiger partial charge in [0, 0.05) is 29.8 Å². The van der Waals surface area contributed by atoms with E-state index in [1.807, 2.05) is 13.0 Å². The first-order valence-electron chi connectivity index (χ1n) is 9.67. The summed E-state index contributed by atoms with van der Waals surface area (Å²) in [6.45, 7) is 3.94. The average molecular weight is 393 g/mol. The van der Waals surface area contributed by atoms with E-state index in [0.717, 1.165) is 24.8 Å². The second-order valence-corrected chi connectivity index (χ2v) is 7.47. The van der Waals surface area contributed by atoms with Gasteiger partial charge in [0.15, 0.2) is 0 Å². The highest BCUT2D eigenvalue weighted by molar-refractivity contribution is 6.01. The molecule has 2 atom stereocenters. The standard InChI is InChI=1S/C22H23N3O4/c1-14-7-8-17(25(27)28)12-19(14)21-10-9-18(29-21)11-16(13-23)22(26)24-20-6-4-3-5-15(20)2/h7-12,15,20H,3-6H2,1-2H3,(H,24,26)/b16-11+/t15-,20-/m1/s1. The van der Waals surface area contributed by atoms with Gasteiger partial charge in [0.1, 0.15) is 23.2 Å². The molecule has 1 amide bonds. The summed E-state index contributed by atoms with van der Waals surface area (Å²) in [5, 5.41) is 23.4. The fraction of sp³-hybridized carbons (Fsp3) is 0.364. The molecule has 1 aromatic heterocycles. The molecule has 1 heterocycles. The van der Waals surface area contributed by atoms with Crippen LogP contribution in [0.1, 0.15) is 43.9 Å². The number of rotatable bonds is 5. The number of furan rings is 1. The summed E-state index contributed by atoms with van der Waals surface area (Å²) in [7, 11) is 0. The van der Waals surface area contributed by atoms with Crippen molar-refractivity contribution in [1.82, 2.24) is 5.32 Å². The lowest BCUT2D eigenvalue weighted by Crippen LogP contribution is -2.41. The maximum atomic E-state index is 12.5. The Morgan fingerprint density at radius 1 is 1.31 bits per heavy atom. The number of nitrogens with one attached hydrogen (secondary N) is 1. The van der Waals surface area contributed by atoms with Crippen LogP contribution in [-0.2, 0) is 4.79 Å². The van der Waals surface area contributed by atoms with Crippen molar-refractivity contribution >= 4 is 17.7 Å². The maximum absolute atomic E-state index is 12.5. The molecule has 29 heavy (non-hydrogen) atoms. The zero-order valence-corrected chi connectivity index (χ0v) is 16.5. The predicted octanol–water partition coefficient (Wildman–Crippen LogP) is 4.77. The van der Waals surface area contributed by atoms with E-state index in [-0.39, 0.29) is 17.3 Å². The molecule has 7 nitrogen and oxygen atoms in total. The van der Waals surface area contributed by atoms with Crippen LogP contribution in [0.25, 0.3) is 17.4 Å². The molecule has 7 heteroatoms. The van der Waals surface area contributed by atoms with Gasteiger partial charge in [-0.3, -0.25) is 14.9 Å². The van der Waals surface area contributed by atoms with Gasteiger partial charge in [-0.05, 0) is 43.4 Å². The first-order chi connectivity index (χ1) is 13.9. The summed E-state index contributed by atoms with van der Waals surface area (Å²) in [5.74, 6) is 0.765. The Labute approximate surface area is 169 Å². The van der Waals surface area contributed by atoms with Crippen LogP contribution in [0, 0.1) is 34.3 Å². The molecule has 1 aliphatic carbocycles. The molecule has 3 rings (SSSR count). The number of hydrogen-bond acceptors (Lipinski definition) is 5. The van der Waals surface area contributed by atoms with Gasteiger partial charge < -0.3 is 9.73 Å². The minimum atomic E-state index is -0.461. The van der Waals surface area contributed by atoms with Gasteiger partial charge >= 0.3 is 0 Å². The van der Waals surface area contributed by atoms with Gasteiger partial charge in [-0.25, -0.2) is 0 Å². The number of nitrogens with zero attached hydrogens (tertiary/aromatic N) is 2. The van der Waals surface area contributed by atoms with Gasteiger partial charge in [0.2, 0.25) is 0 Å². The van der Waals surface area contributed by atoms with Crippen LogP contribution in [0.5, 0.6) is 0 Å². The second-order valence-electron chi connectivity index (χ2n) is 7.47. The molecular formula is C22H23N3O4. The summed E-state index contributed by atoms with van der Waals surface area (Å²) < 4.78 is 5.75. The van der Waals surface area contributed by atoms with Gasteiger partial charge in [0.05, 0.1) is 4.92 Å². The minimum absolute atomic E-state index is 0.0283. The fourth-order valence-electron chi connectivity index (χ4n) is 3.63. The van der Waals surface area contributed by atoms with E-state index in [1.165, 1.54) is 24.6 Å². The van der Waals surface area contributed by atoms with Crippen LogP contribution in [-0.4, -0.2) is 16.9 Å². The van der Waals surface area contributed by atoms with Gasteiger partial charge in [0.25, 0.3) is 11.6 Å². The van der Waals surface area contributed by atoms with Crippen LogP contribution in [0.3, 0.4) is 0 Å². The van der Waals surface area contributed by atoms with Crippen LogP contribution in [0.2, 0.25) is 0 Å².